The average molecular weight is 177 g/mol. The van der Waals surface area contributed by atoms with Gasteiger partial charge in [0.05, 0.1) is 11.9 Å². The monoisotopic (exact) mass is 177 g/mol. The van der Waals surface area contributed by atoms with Crippen LogP contribution in [0.2, 0.25) is 0 Å². The van der Waals surface area contributed by atoms with Crippen LogP contribution in [-0.2, 0) is 5.60 Å². The maximum Gasteiger partial charge on any atom is 0.155 e. The maximum atomic E-state index is 9.69. The van der Waals surface area contributed by atoms with Gasteiger partial charge in [-0.05, 0) is 13.8 Å². The number of aromatic nitrogens is 3. The van der Waals surface area contributed by atoms with E-state index in [1.54, 1.807) is 32.4 Å². The van der Waals surface area contributed by atoms with Crippen LogP contribution >= 0.6 is 0 Å². The summed E-state index contributed by atoms with van der Waals surface area (Å²) in [6.07, 6.45) is 6.95. The first-order valence-electron chi connectivity index (χ1n) is 4.09. The first-order chi connectivity index (χ1) is 6.07. The molecular weight excluding hydrogens is 166 g/mol. The lowest BCUT2D eigenvalue weighted by Gasteiger charge is -2.15. The Morgan fingerprint density at radius 2 is 2.15 bits per heavy atom. The van der Waals surface area contributed by atoms with Crippen molar-refractivity contribution in [2.24, 2.45) is 0 Å². The summed E-state index contributed by atoms with van der Waals surface area (Å²) < 4.78 is 1.83. The van der Waals surface area contributed by atoms with Crippen LogP contribution in [0.3, 0.4) is 0 Å². The zero-order valence-electron chi connectivity index (χ0n) is 7.60. The van der Waals surface area contributed by atoms with E-state index in [4.69, 9.17) is 0 Å². The van der Waals surface area contributed by atoms with Crippen LogP contribution in [0.5, 0.6) is 0 Å². The topological polar surface area (TPSA) is 50.4 Å². The summed E-state index contributed by atoms with van der Waals surface area (Å²) in [4.78, 5) is 8.18. The first kappa shape index (κ1) is 8.19. The number of rotatable bonds is 1. The molecule has 0 amide bonds. The molecule has 0 bridgehead atoms. The van der Waals surface area contributed by atoms with Gasteiger partial charge < -0.3 is 9.51 Å². The van der Waals surface area contributed by atoms with Gasteiger partial charge in [0.15, 0.2) is 5.65 Å². The van der Waals surface area contributed by atoms with Gasteiger partial charge in [-0.3, -0.25) is 4.98 Å². The molecule has 0 spiro atoms. The van der Waals surface area contributed by atoms with Gasteiger partial charge in [0, 0.05) is 18.6 Å². The first-order valence-corrected chi connectivity index (χ1v) is 4.09. The van der Waals surface area contributed by atoms with Crippen LogP contribution in [0.25, 0.3) is 5.65 Å². The number of aliphatic hydroxyl groups is 1. The third-order valence-electron chi connectivity index (χ3n) is 1.91. The molecule has 0 saturated carbocycles. The molecule has 0 saturated heterocycles. The molecule has 0 atom stereocenters. The molecule has 0 aromatic carbocycles. The van der Waals surface area contributed by atoms with Crippen molar-refractivity contribution in [1.82, 2.24) is 14.4 Å². The largest absolute Gasteiger partial charge is 0.384 e. The van der Waals surface area contributed by atoms with E-state index in [2.05, 4.69) is 9.97 Å². The summed E-state index contributed by atoms with van der Waals surface area (Å²) in [5.41, 5.74) is 0.518. The summed E-state index contributed by atoms with van der Waals surface area (Å²) in [7, 11) is 0. The molecule has 2 aromatic rings. The van der Waals surface area contributed by atoms with E-state index in [0.29, 0.717) is 5.69 Å². The average Bonchev–Trinajstić information content (AvgIpc) is 2.47. The van der Waals surface area contributed by atoms with Crippen molar-refractivity contribution < 1.29 is 5.11 Å². The van der Waals surface area contributed by atoms with E-state index >= 15 is 0 Å². The highest BCUT2D eigenvalue weighted by atomic mass is 16.3. The van der Waals surface area contributed by atoms with E-state index in [1.165, 1.54) is 0 Å². The molecule has 0 aliphatic heterocycles. The molecule has 0 aliphatic carbocycles. The molecule has 2 aromatic heterocycles. The highest BCUT2D eigenvalue weighted by Crippen LogP contribution is 2.16. The molecular formula is C9H11N3O. The quantitative estimate of drug-likeness (QED) is 0.705. The highest BCUT2D eigenvalue weighted by Gasteiger charge is 2.17. The summed E-state index contributed by atoms with van der Waals surface area (Å²) in [5, 5.41) is 9.69. The fourth-order valence-corrected chi connectivity index (χ4v) is 1.14. The Kier molecular flexibility index (Phi) is 1.60. The van der Waals surface area contributed by atoms with Crippen molar-refractivity contribution in [2.45, 2.75) is 19.4 Å². The van der Waals surface area contributed by atoms with E-state index in [-0.39, 0.29) is 0 Å². The molecule has 1 N–H and O–H groups in total. The lowest BCUT2D eigenvalue weighted by atomic mass is 10.1. The third-order valence-corrected chi connectivity index (χ3v) is 1.91. The van der Waals surface area contributed by atoms with Crippen LogP contribution in [-0.4, -0.2) is 19.5 Å². The molecule has 13 heavy (non-hydrogen) atoms. The smallest absolute Gasteiger partial charge is 0.155 e. The Labute approximate surface area is 75.9 Å². The van der Waals surface area contributed by atoms with Crippen LogP contribution in [0.4, 0.5) is 0 Å². The standard InChI is InChI=1S/C9H11N3O/c1-9(2,13)7-6-12-4-3-10-8(12)5-11-7/h3-6,13H,1-2H3. The minimum absolute atomic E-state index is 0.637. The van der Waals surface area contributed by atoms with Crippen molar-refractivity contribution in [1.29, 1.82) is 0 Å². The van der Waals surface area contributed by atoms with Crippen molar-refractivity contribution in [3.63, 3.8) is 0 Å². The Balaban J connectivity index is 2.61. The summed E-state index contributed by atoms with van der Waals surface area (Å²) in [6, 6.07) is 0. The molecule has 4 nitrogen and oxygen atoms in total. The van der Waals surface area contributed by atoms with E-state index < -0.39 is 5.60 Å². The SMILES string of the molecule is CC(C)(O)c1cn2ccnc2cn1. The normalized spacial score (nSPS) is 12.2. The Morgan fingerprint density at radius 1 is 1.38 bits per heavy atom. The molecule has 0 radical (unpaired) electrons. The Hall–Kier alpha value is -1.42. The highest BCUT2D eigenvalue weighted by molar-refractivity contribution is 5.35. The van der Waals surface area contributed by atoms with Crippen molar-refractivity contribution in [3.05, 3.63) is 30.5 Å². The summed E-state index contributed by atoms with van der Waals surface area (Å²) in [6.45, 7) is 3.41. The van der Waals surface area contributed by atoms with E-state index in [0.717, 1.165) is 5.65 Å². The number of fused-ring (bicyclic) bond motifs is 1. The zero-order valence-corrected chi connectivity index (χ0v) is 7.60. The van der Waals surface area contributed by atoms with Gasteiger partial charge in [0.2, 0.25) is 0 Å². The Bertz CT molecular complexity index is 428. The molecule has 0 aliphatic rings. The minimum atomic E-state index is -0.904. The molecule has 4 heteroatoms. The van der Waals surface area contributed by atoms with Gasteiger partial charge in [-0.1, -0.05) is 0 Å². The fourth-order valence-electron chi connectivity index (χ4n) is 1.14. The number of hydrogen-bond acceptors (Lipinski definition) is 3. The predicted molar refractivity (Wildman–Crippen MR) is 48.2 cm³/mol. The number of imidazole rings is 1. The van der Waals surface area contributed by atoms with Gasteiger partial charge in [-0.15, -0.1) is 0 Å². The zero-order chi connectivity index (χ0) is 9.47. The summed E-state index contributed by atoms with van der Waals surface area (Å²) >= 11 is 0. The van der Waals surface area contributed by atoms with Crippen LogP contribution in [0.15, 0.2) is 24.8 Å². The maximum absolute atomic E-state index is 9.69. The lowest BCUT2D eigenvalue weighted by Crippen LogP contribution is -2.18. The van der Waals surface area contributed by atoms with Crippen LogP contribution in [0, 0.1) is 0 Å². The van der Waals surface area contributed by atoms with Crippen molar-refractivity contribution in [3.8, 4) is 0 Å². The van der Waals surface area contributed by atoms with Gasteiger partial charge >= 0.3 is 0 Å². The second-order valence-corrected chi connectivity index (χ2v) is 3.52. The van der Waals surface area contributed by atoms with Crippen LogP contribution in [0.1, 0.15) is 19.5 Å². The second kappa shape index (κ2) is 2.53. The Morgan fingerprint density at radius 3 is 2.85 bits per heavy atom. The fraction of sp³-hybridized carbons (Fsp3) is 0.333. The molecule has 0 unspecified atom stereocenters. The number of nitrogens with zero attached hydrogens (tertiary/aromatic N) is 3. The molecule has 68 valence electrons. The van der Waals surface area contributed by atoms with E-state index in [1.807, 2.05) is 10.6 Å². The minimum Gasteiger partial charge on any atom is -0.384 e. The van der Waals surface area contributed by atoms with Crippen LogP contribution < -0.4 is 0 Å². The van der Waals surface area contributed by atoms with Gasteiger partial charge in [-0.25, -0.2) is 4.98 Å². The van der Waals surface area contributed by atoms with E-state index in [9.17, 15) is 5.11 Å². The molecule has 2 heterocycles. The third kappa shape index (κ3) is 1.40. The molecule has 0 fully saturated rings. The van der Waals surface area contributed by atoms with Gasteiger partial charge in [-0.2, -0.15) is 0 Å². The number of hydrogen-bond donors (Lipinski definition) is 1. The predicted octanol–water partition coefficient (Wildman–Crippen LogP) is 0.957. The lowest BCUT2D eigenvalue weighted by molar-refractivity contribution is 0.0733. The van der Waals surface area contributed by atoms with Gasteiger partial charge in [0.25, 0.3) is 0 Å². The van der Waals surface area contributed by atoms with Gasteiger partial charge in [0.1, 0.15) is 5.60 Å². The van der Waals surface area contributed by atoms with Crippen molar-refractivity contribution >= 4 is 5.65 Å². The second-order valence-electron chi connectivity index (χ2n) is 3.52. The van der Waals surface area contributed by atoms with Crippen molar-refractivity contribution in [2.75, 3.05) is 0 Å². The molecule has 2 rings (SSSR count). The summed E-state index contributed by atoms with van der Waals surface area (Å²) in [5.74, 6) is 0.